The first-order chi connectivity index (χ1) is 9.83. The third-order valence-electron chi connectivity index (χ3n) is 3.14. The van der Waals surface area contributed by atoms with Crippen molar-refractivity contribution in [3.05, 3.63) is 47.5 Å². The van der Waals surface area contributed by atoms with E-state index in [2.05, 4.69) is 40.8 Å². The lowest BCUT2D eigenvalue weighted by Gasteiger charge is -2.04. The van der Waals surface area contributed by atoms with Gasteiger partial charge in [-0.25, -0.2) is 15.0 Å². The number of hydrogen-bond donors (Lipinski definition) is 1. The molecule has 3 heterocycles. The van der Waals surface area contributed by atoms with Crippen LogP contribution in [0.15, 0.2) is 47.5 Å². The van der Waals surface area contributed by atoms with E-state index in [1.807, 2.05) is 24.3 Å². The minimum Gasteiger partial charge on any atom is -0.335 e. The van der Waals surface area contributed by atoms with Crippen molar-refractivity contribution < 1.29 is 0 Å². The summed E-state index contributed by atoms with van der Waals surface area (Å²) in [5, 5.41) is 1.04. The standard InChI is InChI=1S/C14H8BrN5/c15-10-4-3-9(8-2-1-5-17-12(8)10)13-19-11-6-16-7-18-14(11)20-13/h1-7H,(H,16,18,19,20). The van der Waals surface area contributed by atoms with Gasteiger partial charge in [0.15, 0.2) is 5.65 Å². The number of imidazole rings is 1. The maximum absolute atomic E-state index is 4.51. The van der Waals surface area contributed by atoms with Gasteiger partial charge in [-0.05, 0) is 34.1 Å². The summed E-state index contributed by atoms with van der Waals surface area (Å²) in [6, 6.07) is 7.94. The molecule has 0 fully saturated rings. The molecule has 1 N–H and O–H groups in total. The van der Waals surface area contributed by atoms with Crippen molar-refractivity contribution in [3.63, 3.8) is 0 Å². The van der Waals surface area contributed by atoms with E-state index in [4.69, 9.17) is 0 Å². The summed E-state index contributed by atoms with van der Waals surface area (Å²) in [5.74, 6) is 0.769. The SMILES string of the molecule is Brc1ccc(-c2nc3ncncc3[nH]2)c2cccnc12. The van der Waals surface area contributed by atoms with Crippen molar-refractivity contribution in [1.29, 1.82) is 0 Å². The maximum Gasteiger partial charge on any atom is 0.181 e. The molecule has 0 amide bonds. The molecular formula is C14H8BrN5. The molecule has 0 atom stereocenters. The number of nitrogens with zero attached hydrogens (tertiary/aromatic N) is 4. The summed E-state index contributed by atoms with van der Waals surface area (Å²) in [4.78, 5) is 20.3. The van der Waals surface area contributed by atoms with Crippen molar-refractivity contribution in [1.82, 2.24) is 24.9 Å². The Labute approximate surface area is 122 Å². The summed E-state index contributed by atoms with van der Waals surface area (Å²) < 4.78 is 0.966. The Kier molecular flexibility index (Phi) is 2.50. The largest absolute Gasteiger partial charge is 0.335 e. The number of aromatic amines is 1. The van der Waals surface area contributed by atoms with Crippen LogP contribution in [-0.4, -0.2) is 24.9 Å². The molecule has 0 saturated heterocycles. The molecule has 5 nitrogen and oxygen atoms in total. The fraction of sp³-hybridized carbons (Fsp3) is 0. The average Bonchev–Trinajstić information content (AvgIpc) is 2.91. The van der Waals surface area contributed by atoms with E-state index in [-0.39, 0.29) is 0 Å². The summed E-state index contributed by atoms with van der Waals surface area (Å²) in [7, 11) is 0. The van der Waals surface area contributed by atoms with Crippen LogP contribution in [0.25, 0.3) is 33.5 Å². The van der Waals surface area contributed by atoms with Gasteiger partial charge < -0.3 is 4.98 Å². The van der Waals surface area contributed by atoms with Crippen LogP contribution in [0.2, 0.25) is 0 Å². The fourth-order valence-corrected chi connectivity index (χ4v) is 2.68. The lowest BCUT2D eigenvalue weighted by atomic mass is 10.1. The van der Waals surface area contributed by atoms with Crippen LogP contribution in [0.3, 0.4) is 0 Å². The molecule has 4 aromatic rings. The maximum atomic E-state index is 4.51. The molecule has 6 heteroatoms. The van der Waals surface area contributed by atoms with Crippen molar-refractivity contribution >= 4 is 38.0 Å². The number of benzene rings is 1. The minimum absolute atomic E-state index is 0.662. The summed E-state index contributed by atoms with van der Waals surface area (Å²) >= 11 is 3.52. The Bertz CT molecular complexity index is 898. The van der Waals surface area contributed by atoms with Gasteiger partial charge in [-0.1, -0.05) is 6.07 Å². The monoisotopic (exact) mass is 325 g/mol. The van der Waals surface area contributed by atoms with Crippen LogP contribution in [0.1, 0.15) is 0 Å². The van der Waals surface area contributed by atoms with E-state index in [0.29, 0.717) is 5.65 Å². The average molecular weight is 326 g/mol. The van der Waals surface area contributed by atoms with E-state index >= 15 is 0 Å². The lowest BCUT2D eigenvalue weighted by Crippen LogP contribution is -1.86. The van der Waals surface area contributed by atoms with Gasteiger partial charge in [0.05, 0.1) is 11.7 Å². The molecule has 20 heavy (non-hydrogen) atoms. The minimum atomic E-state index is 0.662. The third-order valence-corrected chi connectivity index (χ3v) is 3.78. The number of H-pyrrole nitrogens is 1. The van der Waals surface area contributed by atoms with E-state index < -0.39 is 0 Å². The quantitative estimate of drug-likeness (QED) is 0.583. The first-order valence-corrected chi connectivity index (χ1v) is 6.81. The van der Waals surface area contributed by atoms with Crippen molar-refractivity contribution in [2.24, 2.45) is 0 Å². The van der Waals surface area contributed by atoms with Crippen LogP contribution in [-0.2, 0) is 0 Å². The molecule has 0 saturated carbocycles. The highest BCUT2D eigenvalue weighted by Gasteiger charge is 2.11. The van der Waals surface area contributed by atoms with Gasteiger partial charge in [-0.3, -0.25) is 4.98 Å². The van der Waals surface area contributed by atoms with Crippen LogP contribution in [0.5, 0.6) is 0 Å². The van der Waals surface area contributed by atoms with Crippen molar-refractivity contribution in [2.45, 2.75) is 0 Å². The van der Waals surface area contributed by atoms with Gasteiger partial charge >= 0.3 is 0 Å². The van der Waals surface area contributed by atoms with E-state index in [9.17, 15) is 0 Å². The van der Waals surface area contributed by atoms with Gasteiger partial charge in [-0.2, -0.15) is 0 Å². The van der Waals surface area contributed by atoms with Gasteiger partial charge in [0.2, 0.25) is 0 Å². The Morgan fingerprint density at radius 2 is 2.05 bits per heavy atom. The van der Waals surface area contributed by atoms with E-state index in [0.717, 1.165) is 32.3 Å². The molecule has 96 valence electrons. The smallest absolute Gasteiger partial charge is 0.181 e. The number of nitrogens with one attached hydrogen (secondary N) is 1. The number of fused-ring (bicyclic) bond motifs is 2. The molecule has 0 radical (unpaired) electrons. The second-order valence-corrected chi connectivity index (χ2v) is 5.19. The summed E-state index contributed by atoms with van der Waals surface area (Å²) in [6.45, 7) is 0. The fourth-order valence-electron chi connectivity index (χ4n) is 2.23. The third kappa shape index (κ3) is 1.69. The first-order valence-electron chi connectivity index (χ1n) is 6.02. The number of hydrogen-bond acceptors (Lipinski definition) is 4. The van der Waals surface area contributed by atoms with Crippen LogP contribution in [0.4, 0.5) is 0 Å². The molecule has 0 aliphatic carbocycles. The zero-order chi connectivity index (χ0) is 13.5. The molecule has 0 aliphatic rings. The normalized spacial score (nSPS) is 11.2. The topological polar surface area (TPSA) is 67.3 Å². The Hall–Kier alpha value is -2.34. The van der Waals surface area contributed by atoms with Gasteiger partial charge in [0, 0.05) is 21.6 Å². The summed E-state index contributed by atoms with van der Waals surface area (Å²) in [6.07, 6.45) is 4.99. The highest BCUT2D eigenvalue weighted by Crippen LogP contribution is 2.31. The molecule has 3 aromatic heterocycles. The molecule has 4 rings (SSSR count). The highest BCUT2D eigenvalue weighted by atomic mass is 79.9. The van der Waals surface area contributed by atoms with Gasteiger partial charge in [0.1, 0.15) is 17.7 Å². The van der Waals surface area contributed by atoms with E-state index in [1.54, 1.807) is 12.4 Å². The summed E-state index contributed by atoms with van der Waals surface area (Å²) in [5.41, 5.74) is 3.39. The van der Waals surface area contributed by atoms with Crippen molar-refractivity contribution in [3.8, 4) is 11.4 Å². The second kappa shape index (κ2) is 4.35. The number of aromatic nitrogens is 5. The second-order valence-electron chi connectivity index (χ2n) is 4.34. The zero-order valence-electron chi connectivity index (χ0n) is 10.2. The van der Waals surface area contributed by atoms with Crippen LogP contribution >= 0.6 is 15.9 Å². The lowest BCUT2D eigenvalue weighted by molar-refractivity contribution is 1.20. The van der Waals surface area contributed by atoms with Crippen molar-refractivity contribution in [2.75, 3.05) is 0 Å². The highest BCUT2D eigenvalue weighted by molar-refractivity contribution is 9.10. The number of pyridine rings is 1. The van der Waals surface area contributed by atoms with Crippen LogP contribution < -0.4 is 0 Å². The number of rotatable bonds is 1. The Balaban J connectivity index is 2.04. The first kappa shape index (κ1) is 11.5. The number of halogens is 1. The van der Waals surface area contributed by atoms with Gasteiger partial charge in [0.25, 0.3) is 0 Å². The molecule has 0 unspecified atom stereocenters. The molecule has 0 spiro atoms. The Morgan fingerprint density at radius 3 is 2.95 bits per heavy atom. The Morgan fingerprint density at radius 1 is 1.10 bits per heavy atom. The van der Waals surface area contributed by atoms with Crippen LogP contribution in [0, 0.1) is 0 Å². The predicted octanol–water partition coefficient (Wildman–Crippen LogP) is 3.33. The predicted molar refractivity (Wildman–Crippen MR) is 80.1 cm³/mol. The van der Waals surface area contributed by atoms with Gasteiger partial charge in [-0.15, -0.1) is 0 Å². The molecule has 0 aliphatic heterocycles. The molecular weight excluding hydrogens is 318 g/mol. The zero-order valence-corrected chi connectivity index (χ0v) is 11.8. The molecule has 0 bridgehead atoms. The molecule has 1 aromatic carbocycles. The van der Waals surface area contributed by atoms with E-state index in [1.165, 1.54) is 6.33 Å².